The average molecular weight is 219 g/mol. The van der Waals surface area contributed by atoms with E-state index in [0.29, 0.717) is 0 Å². The lowest BCUT2D eigenvalue weighted by Gasteiger charge is -2.28. The van der Waals surface area contributed by atoms with Gasteiger partial charge in [0.05, 0.1) is 0 Å². The standard InChI is InChI=1S/C11H25NO3/c1-8(12-11(4,5)6)14-10(3)15-9(2)13-7/h8-10,12H,1-7H3. The van der Waals surface area contributed by atoms with Crippen LogP contribution in [0.1, 0.15) is 41.5 Å². The van der Waals surface area contributed by atoms with Crippen LogP contribution in [0.3, 0.4) is 0 Å². The highest BCUT2D eigenvalue weighted by atomic mass is 16.8. The first-order valence-electron chi connectivity index (χ1n) is 5.36. The maximum Gasteiger partial charge on any atom is 0.160 e. The van der Waals surface area contributed by atoms with Gasteiger partial charge in [-0.05, 0) is 41.5 Å². The van der Waals surface area contributed by atoms with Crippen molar-refractivity contribution >= 4 is 0 Å². The van der Waals surface area contributed by atoms with Crippen LogP contribution in [0.15, 0.2) is 0 Å². The Hall–Kier alpha value is -0.160. The van der Waals surface area contributed by atoms with Crippen molar-refractivity contribution in [2.45, 2.75) is 65.9 Å². The van der Waals surface area contributed by atoms with E-state index in [4.69, 9.17) is 14.2 Å². The van der Waals surface area contributed by atoms with Crippen molar-refractivity contribution in [3.63, 3.8) is 0 Å². The molecule has 3 unspecified atom stereocenters. The van der Waals surface area contributed by atoms with Gasteiger partial charge in [0.1, 0.15) is 6.23 Å². The Morgan fingerprint density at radius 2 is 1.47 bits per heavy atom. The predicted octanol–water partition coefficient (Wildman–Crippen LogP) is 2.09. The quantitative estimate of drug-likeness (QED) is 0.694. The van der Waals surface area contributed by atoms with E-state index in [-0.39, 0.29) is 24.3 Å². The summed E-state index contributed by atoms with van der Waals surface area (Å²) in [7, 11) is 1.61. The molecule has 0 aromatic heterocycles. The number of ether oxygens (including phenoxy) is 3. The molecule has 0 rings (SSSR count). The Morgan fingerprint density at radius 3 is 1.87 bits per heavy atom. The summed E-state index contributed by atoms with van der Waals surface area (Å²) >= 11 is 0. The van der Waals surface area contributed by atoms with Gasteiger partial charge in [0.15, 0.2) is 12.6 Å². The molecular weight excluding hydrogens is 194 g/mol. The Morgan fingerprint density at radius 1 is 0.933 bits per heavy atom. The fourth-order valence-electron chi connectivity index (χ4n) is 1.29. The average Bonchev–Trinajstić information content (AvgIpc) is 1.99. The lowest BCUT2D eigenvalue weighted by atomic mass is 10.1. The second-order valence-corrected chi connectivity index (χ2v) is 4.68. The van der Waals surface area contributed by atoms with Crippen LogP contribution in [0, 0.1) is 0 Å². The third-order valence-corrected chi connectivity index (χ3v) is 1.75. The van der Waals surface area contributed by atoms with Crippen LogP contribution >= 0.6 is 0 Å². The fraction of sp³-hybridized carbons (Fsp3) is 1.00. The van der Waals surface area contributed by atoms with Crippen molar-refractivity contribution in [3.05, 3.63) is 0 Å². The summed E-state index contributed by atoms with van der Waals surface area (Å²) in [6, 6.07) is 0. The molecule has 4 nitrogen and oxygen atoms in total. The first-order valence-corrected chi connectivity index (χ1v) is 5.36. The highest BCUT2D eigenvalue weighted by Crippen LogP contribution is 2.06. The molecule has 4 heteroatoms. The second-order valence-electron chi connectivity index (χ2n) is 4.68. The summed E-state index contributed by atoms with van der Waals surface area (Å²) in [5.74, 6) is 0. The monoisotopic (exact) mass is 219 g/mol. The summed E-state index contributed by atoms with van der Waals surface area (Å²) in [6.07, 6.45) is -0.587. The summed E-state index contributed by atoms with van der Waals surface area (Å²) in [5.41, 5.74) is 0.0337. The fourth-order valence-corrected chi connectivity index (χ4v) is 1.29. The van der Waals surface area contributed by atoms with Crippen molar-refractivity contribution in [3.8, 4) is 0 Å². The molecule has 0 aromatic carbocycles. The molecule has 0 spiro atoms. The molecule has 0 bridgehead atoms. The number of rotatable bonds is 6. The van der Waals surface area contributed by atoms with Gasteiger partial charge < -0.3 is 14.2 Å². The van der Waals surface area contributed by atoms with Gasteiger partial charge in [-0.1, -0.05) is 0 Å². The minimum Gasteiger partial charge on any atom is -0.356 e. The van der Waals surface area contributed by atoms with Gasteiger partial charge in [0.2, 0.25) is 0 Å². The molecule has 92 valence electrons. The highest BCUT2D eigenvalue weighted by Gasteiger charge is 2.17. The van der Waals surface area contributed by atoms with Crippen molar-refractivity contribution in [1.29, 1.82) is 0 Å². The predicted molar refractivity (Wildman–Crippen MR) is 60.5 cm³/mol. The molecule has 0 aromatic rings. The molecule has 0 heterocycles. The van der Waals surface area contributed by atoms with E-state index in [2.05, 4.69) is 26.1 Å². The third-order valence-electron chi connectivity index (χ3n) is 1.75. The molecular formula is C11H25NO3. The maximum absolute atomic E-state index is 5.59. The first-order chi connectivity index (χ1) is 6.74. The first kappa shape index (κ1) is 14.8. The molecule has 0 saturated carbocycles. The van der Waals surface area contributed by atoms with Gasteiger partial charge >= 0.3 is 0 Å². The molecule has 0 fully saturated rings. The van der Waals surface area contributed by atoms with Gasteiger partial charge in [0, 0.05) is 12.6 Å². The molecule has 0 aliphatic carbocycles. The number of hydrogen-bond acceptors (Lipinski definition) is 4. The molecule has 0 aliphatic rings. The van der Waals surface area contributed by atoms with Crippen LogP contribution in [0.4, 0.5) is 0 Å². The van der Waals surface area contributed by atoms with E-state index < -0.39 is 0 Å². The molecule has 0 aliphatic heterocycles. The highest BCUT2D eigenvalue weighted by molar-refractivity contribution is 4.70. The SMILES string of the molecule is COC(C)OC(C)OC(C)NC(C)(C)C. The van der Waals surface area contributed by atoms with Gasteiger partial charge in [-0.2, -0.15) is 0 Å². The van der Waals surface area contributed by atoms with Gasteiger partial charge in [-0.3, -0.25) is 5.32 Å². The van der Waals surface area contributed by atoms with Gasteiger partial charge in [0.25, 0.3) is 0 Å². The van der Waals surface area contributed by atoms with Crippen LogP contribution in [-0.2, 0) is 14.2 Å². The Balaban J connectivity index is 3.81. The minimum atomic E-state index is -0.287. The topological polar surface area (TPSA) is 39.7 Å². The molecule has 0 radical (unpaired) electrons. The zero-order valence-electron chi connectivity index (χ0n) is 11.0. The van der Waals surface area contributed by atoms with E-state index in [1.54, 1.807) is 7.11 Å². The number of nitrogens with one attached hydrogen (secondary N) is 1. The Bertz CT molecular complexity index is 168. The zero-order valence-corrected chi connectivity index (χ0v) is 11.0. The Labute approximate surface area is 93.3 Å². The minimum absolute atomic E-state index is 0.0337. The van der Waals surface area contributed by atoms with Gasteiger partial charge in [-0.15, -0.1) is 0 Å². The zero-order chi connectivity index (χ0) is 12.1. The van der Waals surface area contributed by atoms with E-state index >= 15 is 0 Å². The van der Waals surface area contributed by atoms with Crippen molar-refractivity contribution in [1.82, 2.24) is 5.32 Å². The van der Waals surface area contributed by atoms with Crippen molar-refractivity contribution in [2.24, 2.45) is 0 Å². The van der Waals surface area contributed by atoms with Gasteiger partial charge in [-0.25, -0.2) is 0 Å². The Kier molecular flexibility index (Phi) is 6.36. The van der Waals surface area contributed by atoms with E-state index in [1.807, 2.05) is 20.8 Å². The number of hydrogen-bond donors (Lipinski definition) is 1. The second kappa shape index (κ2) is 6.43. The van der Waals surface area contributed by atoms with E-state index in [1.165, 1.54) is 0 Å². The number of methoxy groups -OCH3 is 1. The van der Waals surface area contributed by atoms with Crippen molar-refractivity contribution < 1.29 is 14.2 Å². The summed E-state index contributed by atoms with van der Waals surface area (Å²) in [6.45, 7) is 11.9. The maximum atomic E-state index is 5.59. The molecule has 0 saturated heterocycles. The van der Waals surface area contributed by atoms with E-state index in [9.17, 15) is 0 Å². The molecule has 3 atom stereocenters. The van der Waals surface area contributed by atoms with Crippen LogP contribution < -0.4 is 5.32 Å². The van der Waals surface area contributed by atoms with Crippen molar-refractivity contribution in [2.75, 3.05) is 7.11 Å². The lowest BCUT2D eigenvalue weighted by Crippen LogP contribution is -2.45. The summed E-state index contributed by atoms with van der Waals surface area (Å²) < 4.78 is 16.0. The largest absolute Gasteiger partial charge is 0.356 e. The normalized spacial score (nSPS) is 18.6. The van der Waals surface area contributed by atoms with Crippen LogP contribution in [0.25, 0.3) is 0 Å². The molecule has 1 N–H and O–H groups in total. The molecule has 0 amide bonds. The third kappa shape index (κ3) is 8.81. The summed E-state index contributed by atoms with van der Waals surface area (Å²) in [4.78, 5) is 0. The van der Waals surface area contributed by atoms with Crippen LogP contribution in [-0.4, -0.2) is 31.5 Å². The smallest absolute Gasteiger partial charge is 0.160 e. The van der Waals surface area contributed by atoms with Crippen LogP contribution in [0.2, 0.25) is 0 Å². The molecule has 15 heavy (non-hydrogen) atoms. The van der Waals surface area contributed by atoms with Crippen LogP contribution in [0.5, 0.6) is 0 Å². The van der Waals surface area contributed by atoms with E-state index in [0.717, 1.165) is 0 Å². The summed E-state index contributed by atoms with van der Waals surface area (Å²) in [5, 5.41) is 3.30. The lowest BCUT2D eigenvalue weighted by molar-refractivity contribution is -0.240.